The Hall–Kier alpha value is -0.106. The van der Waals surface area contributed by atoms with E-state index in [1.807, 2.05) is 83.3 Å². The van der Waals surface area contributed by atoms with Crippen LogP contribution in [0.15, 0.2) is 24.3 Å². The second-order valence-electron chi connectivity index (χ2n) is 3.89. The van der Waals surface area contributed by atoms with Gasteiger partial charge in [0.1, 0.15) is 0 Å². The molecule has 0 amide bonds. The number of hydrogen-bond donors (Lipinski definition) is 0. The maximum absolute atomic E-state index is 9.99. The SMILES string of the molecule is Cc1ccc([C-]=O)cc1.[CH]1[CH][CH][CH][CH]1.[CH]1[CH][CH][CH][CH]1.[Cl][Ti+3]. The van der Waals surface area contributed by atoms with E-state index in [-0.39, 0.29) is 0 Å². The van der Waals surface area contributed by atoms with Crippen LogP contribution in [-0.4, -0.2) is 6.29 Å². The second kappa shape index (κ2) is 16.3. The fraction of sp³-hybridized carbons (Fsp3) is 0.0556. The van der Waals surface area contributed by atoms with Gasteiger partial charge in [0, 0.05) is 0 Å². The number of halogens is 1. The standard InChI is InChI=1S/C8H7O.2C5H5.ClH.Ti/c1-7-2-4-8(6-9)5-3-7;2*1-2-4-5-3-1;;/h2-5H,1H3;2*1-5H;1H;/q-1;;;;+4/p-1. The van der Waals surface area contributed by atoms with Crippen molar-refractivity contribution in [2.75, 3.05) is 0 Å². The molecule has 0 saturated heterocycles. The molecule has 0 bridgehead atoms. The summed E-state index contributed by atoms with van der Waals surface area (Å²) in [6.45, 7) is 1.98. The Balaban J connectivity index is 0.000000286. The summed E-state index contributed by atoms with van der Waals surface area (Å²) in [5, 5.41) is 0. The van der Waals surface area contributed by atoms with Gasteiger partial charge in [0.25, 0.3) is 0 Å². The average molecular weight is 333 g/mol. The fourth-order valence-electron chi connectivity index (χ4n) is 1.26. The van der Waals surface area contributed by atoms with E-state index in [0.29, 0.717) is 5.56 Å². The third kappa shape index (κ3) is 13.3. The summed E-state index contributed by atoms with van der Waals surface area (Å²) in [4.78, 5) is 9.99. The third-order valence-electron chi connectivity index (χ3n) is 2.28. The molecule has 0 N–H and O–H groups in total. The quantitative estimate of drug-likeness (QED) is 0.557. The summed E-state index contributed by atoms with van der Waals surface area (Å²) in [7, 11) is 4.64. The Morgan fingerprint density at radius 1 is 0.714 bits per heavy atom. The zero-order valence-corrected chi connectivity index (χ0v) is 14.2. The fourth-order valence-corrected chi connectivity index (χ4v) is 1.26. The van der Waals surface area contributed by atoms with Crippen LogP contribution in [0.25, 0.3) is 0 Å². The van der Waals surface area contributed by atoms with Gasteiger partial charge in [0.05, 0.1) is 6.29 Å². The minimum atomic E-state index is 0.612. The molecule has 0 aliphatic heterocycles. The van der Waals surface area contributed by atoms with Crippen LogP contribution in [0, 0.1) is 71.1 Å². The van der Waals surface area contributed by atoms with E-state index in [1.165, 1.54) is 19.4 Å². The van der Waals surface area contributed by atoms with E-state index in [0.717, 1.165) is 5.56 Å². The van der Waals surface area contributed by atoms with E-state index in [2.05, 4.69) is 9.30 Å². The van der Waals surface area contributed by atoms with Gasteiger partial charge in [0.2, 0.25) is 0 Å². The Kier molecular flexibility index (Phi) is 16.2. The maximum atomic E-state index is 9.99. The van der Waals surface area contributed by atoms with Gasteiger partial charge in [-0.25, -0.2) is 0 Å². The van der Waals surface area contributed by atoms with Crippen molar-refractivity contribution in [1.82, 2.24) is 0 Å². The first kappa shape index (κ1) is 20.9. The molecule has 3 heteroatoms. The summed E-state index contributed by atoms with van der Waals surface area (Å²) < 4.78 is 0. The van der Waals surface area contributed by atoms with Gasteiger partial charge < -0.3 is 4.79 Å². The van der Waals surface area contributed by atoms with Crippen LogP contribution in [0.3, 0.4) is 0 Å². The molecular weight excluding hydrogens is 316 g/mol. The first-order valence-corrected chi connectivity index (χ1v) is 8.45. The van der Waals surface area contributed by atoms with Crippen molar-refractivity contribution in [3.05, 3.63) is 99.6 Å². The van der Waals surface area contributed by atoms with Crippen LogP contribution in [0.4, 0.5) is 0 Å². The van der Waals surface area contributed by atoms with Gasteiger partial charge in [-0.15, -0.1) is 12.1 Å². The Morgan fingerprint density at radius 3 is 1.24 bits per heavy atom. The molecule has 10 radical (unpaired) electrons. The number of rotatable bonds is 1. The molecule has 1 aromatic carbocycles. The van der Waals surface area contributed by atoms with Gasteiger partial charge in [-0.1, -0.05) is 5.56 Å². The summed E-state index contributed by atoms with van der Waals surface area (Å²) in [5.74, 6) is 0. The molecule has 21 heavy (non-hydrogen) atoms. The van der Waals surface area contributed by atoms with E-state index in [1.54, 1.807) is 18.4 Å². The minimum absolute atomic E-state index is 0.612. The van der Waals surface area contributed by atoms with Crippen LogP contribution in [0.1, 0.15) is 11.1 Å². The molecule has 2 aliphatic carbocycles. The summed E-state index contributed by atoms with van der Waals surface area (Å²) in [5.41, 5.74) is 1.77. The predicted molar refractivity (Wildman–Crippen MR) is 84.8 cm³/mol. The van der Waals surface area contributed by atoms with Gasteiger partial charge in [-0.05, 0) is 71.1 Å². The van der Waals surface area contributed by atoms with Crippen molar-refractivity contribution in [3.63, 3.8) is 0 Å². The molecule has 1 aromatic rings. The van der Waals surface area contributed by atoms with Crippen molar-refractivity contribution in [3.8, 4) is 0 Å². The zero-order valence-electron chi connectivity index (χ0n) is 11.9. The Labute approximate surface area is 146 Å². The molecule has 2 fully saturated rings. The van der Waals surface area contributed by atoms with Crippen LogP contribution in [-0.2, 0) is 24.2 Å². The molecular formula is C18H17ClOTi+2. The molecule has 0 spiro atoms. The van der Waals surface area contributed by atoms with E-state index in [9.17, 15) is 4.79 Å². The normalized spacial score (nSPS) is 15.6. The number of aryl methyl sites for hydroxylation is 1. The van der Waals surface area contributed by atoms with Gasteiger partial charge >= 0.3 is 28.7 Å². The van der Waals surface area contributed by atoms with Gasteiger partial charge in [-0.3, -0.25) is 0 Å². The molecule has 0 aromatic heterocycles. The van der Waals surface area contributed by atoms with Crippen LogP contribution < -0.4 is 0 Å². The third-order valence-corrected chi connectivity index (χ3v) is 2.28. The summed E-state index contributed by atoms with van der Waals surface area (Å²) >= 11 is 1.47. The first-order valence-electron chi connectivity index (χ1n) is 6.30. The molecule has 2 saturated carbocycles. The first-order chi connectivity index (χ1) is 10.3. The number of carbonyl (C=O) groups excluding carboxylic acids is 1. The predicted octanol–water partition coefficient (Wildman–Crippen LogP) is 4.18. The van der Waals surface area contributed by atoms with Crippen LogP contribution >= 0.6 is 9.30 Å². The van der Waals surface area contributed by atoms with Crippen molar-refractivity contribution in [2.45, 2.75) is 6.92 Å². The summed E-state index contributed by atoms with van der Waals surface area (Å²) in [6.07, 6.45) is 21.8. The van der Waals surface area contributed by atoms with Crippen LogP contribution in [0.2, 0.25) is 0 Å². The number of benzene rings is 1. The Bertz CT molecular complexity index is 304. The molecule has 0 atom stereocenters. The molecule has 104 valence electrons. The molecule has 0 heterocycles. The summed E-state index contributed by atoms with van der Waals surface area (Å²) in [6, 6.07) is 7.28. The molecule has 2 aliphatic rings. The zero-order chi connectivity index (χ0) is 15.8. The van der Waals surface area contributed by atoms with Crippen molar-refractivity contribution in [2.24, 2.45) is 0 Å². The molecule has 0 unspecified atom stereocenters. The van der Waals surface area contributed by atoms with Gasteiger partial charge in [0.15, 0.2) is 0 Å². The molecule has 3 rings (SSSR count). The topological polar surface area (TPSA) is 17.1 Å². The van der Waals surface area contributed by atoms with Crippen molar-refractivity contribution < 1.29 is 24.2 Å². The average Bonchev–Trinajstić information content (AvgIpc) is 3.28. The number of hydrogen-bond acceptors (Lipinski definition) is 1. The van der Waals surface area contributed by atoms with E-state index >= 15 is 0 Å². The van der Waals surface area contributed by atoms with Crippen LogP contribution in [0.5, 0.6) is 0 Å². The van der Waals surface area contributed by atoms with E-state index in [4.69, 9.17) is 0 Å². The Morgan fingerprint density at radius 2 is 1.00 bits per heavy atom. The van der Waals surface area contributed by atoms with Gasteiger partial charge in [-0.2, -0.15) is 17.7 Å². The second-order valence-corrected chi connectivity index (χ2v) is 3.89. The van der Waals surface area contributed by atoms with E-state index < -0.39 is 0 Å². The molecule has 1 nitrogen and oxygen atoms in total. The van der Waals surface area contributed by atoms with Crippen molar-refractivity contribution >= 4 is 15.6 Å². The monoisotopic (exact) mass is 332 g/mol. The van der Waals surface area contributed by atoms with Crippen molar-refractivity contribution in [1.29, 1.82) is 0 Å².